The number of allylic oxidation sites excluding steroid dienone is 2. The smallest absolute Gasteiger partial charge is 0.328 e. The molecule has 0 aromatic carbocycles. The van der Waals surface area contributed by atoms with Crippen LogP contribution in [0, 0.1) is 5.92 Å². The van der Waals surface area contributed by atoms with Crippen LogP contribution in [0.5, 0.6) is 0 Å². The molecule has 1 aliphatic rings. The Morgan fingerprint density at radius 2 is 2.33 bits per heavy atom. The first-order valence-corrected chi connectivity index (χ1v) is 6.48. The third-order valence-corrected chi connectivity index (χ3v) is 3.31. The van der Waals surface area contributed by atoms with Gasteiger partial charge in [0.2, 0.25) is 0 Å². The summed E-state index contributed by atoms with van der Waals surface area (Å²) >= 11 is 3.10. The number of aromatic nitrogens is 2. The fourth-order valence-electron chi connectivity index (χ4n) is 2.10. The van der Waals surface area contributed by atoms with E-state index in [1.54, 1.807) is 11.1 Å². The van der Waals surface area contributed by atoms with Gasteiger partial charge in [-0.3, -0.25) is 14.3 Å². The van der Waals surface area contributed by atoms with Crippen LogP contribution in [0.1, 0.15) is 18.0 Å². The molecule has 1 aromatic rings. The monoisotopic (exact) mass is 312 g/mol. The van der Waals surface area contributed by atoms with E-state index in [2.05, 4.69) is 20.9 Å². The van der Waals surface area contributed by atoms with Gasteiger partial charge in [-0.15, -0.1) is 0 Å². The lowest BCUT2D eigenvalue weighted by atomic mass is 10.0. The number of aliphatic hydroxyl groups excluding tert-OH is 1. The van der Waals surface area contributed by atoms with Crippen LogP contribution in [-0.2, 0) is 0 Å². The number of aliphatic hydroxyl groups is 1. The number of nitrogens with one attached hydrogen (secondary N) is 1. The summed E-state index contributed by atoms with van der Waals surface area (Å²) in [6.07, 6.45) is 7.63. The molecule has 0 fully saturated rings. The maximum absolute atomic E-state index is 11.8. The van der Waals surface area contributed by atoms with Crippen LogP contribution in [0.15, 0.2) is 32.9 Å². The van der Waals surface area contributed by atoms with Crippen molar-refractivity contribution < 1.29 is 5.11 Å². The van der Waals surface area contributed by atoms with Gasteiger partial charge in [0.05, 0.1) is 11.6 Å². The second-order valence-electron chi connectivity index (χ2n) is 4.14. The molecule has 2 N–H and O–H groups in total. The number of halogens is 1. The summed E-state index contributed by atoms with van der Waals surface area (Å²) in [5.74, 6) is -0.0191. The van der Waals surface area contributed by atoms with Crippen LogP contribution in [0.25, 0.3) is 6.08 Å². The van der Waals surface area contributed by atoms with E-state index in [0.717, 1.165) is 6.42 Å². The van der Waals surface area contributed by atoms with Crippen molar-refractivity contribution in [2.45, 2.75) is 12.5 Å². The van der Waals surface area contributed by atoms with Crippen LogP contribution in [-0.4, -0.2) is 21.3 Å². The van der Waals surface area contributed by atoms with Crippen LogP contribution >= 0.6 is 15.9 Å². The van der Waals surface area contributed by atoms with E-state index in [-0.39, 0.29) is 18.6 Å². The van der Waals surface area contributed by atoms with Gasteiger partial charge in [0.25, 0.3) is 5.56 Å². The zero-order chi connectivity index (χ0) is 13.1. The van der Waals surface area contributed by atoms with Crippen LogP contribution < -0.4 is 11.2 Å². The number of aromatic amines is 1. The van der Waals surface area contributed by atoms with Gasteiger partial charge >= 0.3 is 5.69 Å². The standard InChI is InChI=1S/C12H13BrN2O3/c13-5-4-8-6-15(12(18)14-11(8)17)10-3-1-2-9(10)7-16/h1,3-6,9-10,16H,2,7H2,(H,14,17,18)/b5-4+/t9-,10-/m0/s1. The fraction of sp³-hybridized carbons (Fsp3) is 0.333. The van der Waals surface area contributed by atoms with Crippen molar-refractivity contribution in [3.8, 4) is 0 Å². The Labute approximate surface area is 112 Å². The normalized spacial score (nSPS) is 23.0. The second-order valence-corrected chi connectivity index (χ2v) is 4.67. The lowest BCUT2D eigenvalue weighted by Crippen LogP contribution is -2.34. The minimum atomic E-state index is -0.457. The van der Waals surface area contributed by atoms with Crippen molar-refractivity contribution in [1.29, 1.82) is 0 Å². The molecule has 0 unspecified atom stereocenters. The Morgan fingerprint density at radius 1 is 1.56 bits per heavy atom. The first kappa shape index (κ1) is 13.0. The van der Waals surface area contributed by atoms with Gasteiger partial charge in [-0.05, 0) is 17.5 Å². The van der Waals surface area contributed by atoms with Crippen LogP contribution in [0.3, 0.4) is 0 Å². The van der Waals surface area contributed by atoms with Gasteiger partial charge in [-0.1, -0.05) is 28.1 Å². The molecular formula is C12H13BrN2O3. The SMILES string of the molecule is O=c1[nH]c(=O)n([C@H]2C=CC[C@H]2CO)cc1/C=C/Br. The molecule has 2 rings (SSSR count). The summed E-state index contributed by atoms with van der Waals surface area (Å²) in [5.41, 5.74) is -0.486. The van der Waals surface area contributed by atoms with Gasteiger partial charge in [0, 0.05) is 18.7 Å². The number of H-pyrrole nitrogens is 1. The van der Waals surface area contributed by atoms with E-state index < -0.39 is 11.2 Å². The topological polar surface area (TPSA) is 75.1 Å². The largest absolute Gasteiger partial charge is 0.396 e. The highest BCUT2D eigenvalue weighted by Crippen LogP contribution is 2.27. The molecule has 18 heavy (non-hydrogen) atoms. The molecule has 0 amide bonds. The third kappa shape index (κ3) is 2.39. The van der Waals surface area contributed by atoms with E-state index in [0.29, 0.717) is 5.56 Å². The Bertz CT molecular complexity index is 600. The summed E-state index contributed by atoms with van der Waals surface area (Å²) in [4.78, 5) is 27.2. The van der Waals surface area contributed by atoms with Crippen molar-refractivity contribution >= 4 is 22.0 Å². The highest BCUT2D eigenvalue weighted by molar-refractivity contribution is 9.11. The summed E-state index contributed by atoms with van der Waals surface area (Å²) < 4.78 is 1.45. The molecule has 2 atom stereocenters. The summed E-state index contributed by atoms with van der Waals surface area (Å²) in [5, 5.41) is 9.27. The molecule has 1 aromatic heterocycles. The fourth-order valence-corrected chi connectivity index (χ4v) is 2.39. The second kappa shape index (κ2) is 5.49. The maximum Gasteiger partial charge on any atom is 0.328 e. The molecular weight excluding hydrogens is 300 g/mol. The van der Waals surface area contributed by atoms with E-state index in [9.17, 15) is 14.7 Å². The summed E-state index contributed by atoms with van der Waals surface area (Å²) in [6.45, 7) is 0.00680. The van der Waals surface area contributed by atoms with Gasteiger partial charge in [0.1, 0.15) is 0 Å². The van der Waals surface area contributed by atoms with Crippen molar-refractivity contribution in [1.82, 2.24) is 9.55 Å². The molecule has 0 spiro atoms. The van der Waals surface area contributed by atoms with Crippen molar-refractivity contribution in [3.05, 3.63) is 49.7 Å². The van der Waals surface area contributed by atoms with Crippen molar-refractivity contribution in [3.63, 3.8) is 0 Å². The third-order valence-electron chi connectivity index (χ3n) is 3.05. The van der Waals surface area contributed by atoms with E-state index in [1.165, 1.54) is 10.8 Å². The summed E-state index contributed by atoms with van der Waals surface area (Å²) in [6, 6.07) is -0.207. The predicted octanol–water partition coefficient (Wildman–Crippen LogP) is 1.01. The first-order valence-electron chi connectivity index (χ1n) is 5.57. The molecule has 0 saturated carbocycles. The molecule has 0 radical (unpaired) electrons. The Morgan fingerprint density at radius 3 is 3.00 bits per heavy atom. The van der Waals surface area contributed by atoms with Crippen LogP contribution in [0.4, 0.5) is 0 Å². The molecule has 0 saturated heterocycles. The average Bonchev–Trinajstić information content (AvgIpc) is 2.80. The van der Waals surface area contributed by atoms with Crippen LogP contribution in [0.2, 0.25) is 0 Å². The Hall–Kier alpha value is -1.40. The van der Waals surface area contributed by atoms with Gasteiger partial charge in [-0.25, -0.2) is 4.79 Å². The maximum atomic E-state index is 11.8. The molecule has 1 aliphatic carbocycles. The number of hydrogen-bond donors (Lipinski definition) is 2. The lowest BCUT2D eigenvalue weighted by Gasteiger charge is -2.19. The number of nitrogens with zero attached hydrogens (tertiary/aromatic N) is 1. The number of hydrogen-bond acceptors (Lipinski definition) is 3. The molecule has 0 aliphatic heterocycles. The number of rotatable bonds is 3. The Balaban J connectivity index is 2.51. The van der Waals surface area contributed by atoms with Gasteiger partial charge < -0.3 is 5.11 Å². The predicted molar refractivity (Wildman–Crippen MR) is 72.7 cm³/mol. The first-order chi connectivity index (χ1) is 8.67. The summed E-state index contributed by atoms with van der Waals surface area (Å²) in [7, 11) is 0. The minimum absolute atomic E-state index is 0.00680. The molecule has 0 bridgehead atoms. The van der Waals surface area contributed by atoms with Crippen molar-refractivity contribution in [2.75, 3.05) is 6.61 Å². The average molecular weight is 313 g/mol. The van der Waals surface area contributed by atoms with E-state index in [4.69, 9.17) is 0 Å². The van der Waals surface area contributed by atoms with E-state index >= 15 is 0 Å². The lowest BCUT2D eigenvalue weighted by molar-refractivity contribution is 0.202. The van der Waals surface area contributed by atoms with Gasteiger partial charge in [-0.2, -0.15) is 0 Å². The molecule has 96 valence electrons. The zero-order valence-electron chi connectivity index (χ0n) is 9.54. The quantitative estimate of drug-likeness (QED) is 0.818. The molecule has 5 nitrogen and oxygen atoms in total. The molecule has 6 heteroatoms. The zero-order valence-corrected chi connectivity index (χ0v) is 11.1. The van der Waals surface area contributed by atoms with Crippen molar-refractivity contribution in [2.24, 2.45) is 5.92 Å². The van der Waals surface area contributed by atoms with Gasteiger partial charge in [0.15, 0.2) is 0 Å². The molecule has 1 heterocycles. The highest BCUT2D eigenvalue weighted by atomic mass is 79.9. The Kier molecular flexibility index (Phi) is 3.98. The minimum Gasteiger partial charge on any atom is -0.396 e. The van der Waals surface area contributed by atoms with E-state index in [1.807, 2.05) is 12.2 Å². The highest BCUT2D eigenvalue weighted by Gasteiger charge is 2.24.